The molecule has 1 aliphatic heterocycles. The summed E-state index contributed by atoms with van der Waals surface area (Å²) in [7, 11) is 0. The molecular formula is C14H18N2O3. The number of oxime groups is 1. The summed E-state index contributed by atoms with van der Waals surface area (Å²) < 4.78 is 7.06. The van der Waals surface area contributed by atoms with E-state index in [-0.39, 0.29) is 12.2 Å². The zero-order valence-electron chi connectivity index (χ0n) is 11.1. The molecule has 0 N–H and O–H groups in total. The van der Waals surface area contributed by atoms with Gasteiger partial charge in [0, 0.05) is 11.9 Å². The summed E-state index contributed by atoms with van der Waals surface area (Å²) in [4.78, 5) is 17.0. The summed E-state index contributed by atoms with van der Waals surface area (Å²) in [6.45, 7) is 2.15. The molecule has 0 bridgehead atoms. The second kappa shape index (κ2) is 5.07. The molecule has 0 aromatic carbocycles. The molecule has 2 aliphatic rings. The lowest BCUT2D eigenvalue weighted by atomic mass is 9.98. The summed E-state index contributed by atoms with van der Waals surface area (Å²) in [6, 6.07) is 2.15. The Morgan fingerprint density at radius 2 is 2.37 bits per heavy atom. The number of ether oxygens (including phenoxy) is 1. The van der Waals surface area contributed by atoms with Crippen LogP contribution >= 0.6 is 0 Å². The first kappa shape index (κ1) is 12.3. The minimum absolute atomic E-state index is 0.193. The number of fused-ring (bicyclic) bond motifs is 1. The maximum absolute atomic E-state index is 11.6. The van der Waals surface area contributed by atoms with E-state index in [0.717, 1.165) is 12.8 Å². The van der Waals surface area contributed by atoms with Crippen LogP contribution < -0.4 is 0 Å². The summed E-state index contributed by atoms with van der Waals surface area (Å²) >= 11 is 0. The summed E-state index contributed by atoms with van der Waals surface area (Å²) in [5.41, 5.74) is 3.11. The summed E-state index contributed by atoms with van der Waals surface area (Å²) in [5, 5.41) is 3.86. The van der Waals surface area contributed by atoms with Crippen molar-refractivity contribution in [2.45, 2.75) is 45.3 Å². The van der Waals surface area contributed by atoms with Crippen LogP contribution in [0, 0.1) is 0 Å². The minimum Gasteiger partial charge on any atom is -0.461 e. The van der Waals surface area contributed by atoms with Crippen LogP contribution in [-0.4, -0.2) is 22.9 Å². The molecular weight excluding hydrogens is 244 g/mol. The van der Waals surface area contributed by atoms with Crippen LogP contribution in [0.15, 0.2) is 17.4 Å². The third-order valence-electron chi connectivity index (χ3n) is 3.70. The van der Waals surface area contributed by atoms with Gasteiger partial charge in [-0.2, -0.15) is 0 Å². The van der Waals surface area contributed by atoms with E-state index in [1.54, 1.807) is 6.92 Å². The van der Waals surface area contributed by atoms with Gasteiger partial charge < -0.3 is 14.1 Å². The fourth-order valence-electron chi connectivity index (χ4n) is 2.77. The van der Waals surface area contributed by atoms with Gasteiger partial charge in [0.2, 0.25) is 6.23 Å². The number of esters is 1. The molecule has 5 nitrogen and oxygen atoms in total. The van der Waals surface area contributed by atoms with E-state index in [1.807, 2.05) is 6.20 Å². The van der Waals surface area contributed by atoms with Gasteiger partial charge in [0.05, 0.1) is 13.0 Å². The van der Waals surface area contributed by atoms with Crippen molar-refractivity contribution in [3.8, 4) is 0 Å². The first-order valence-corrected chi connectivity index (χ1v) is 6.88. The number of carbonyl (C=O) groups excluding carboxylic acids is 1. The van der Waals surface area contributed by atoms with Gasteiger partial charge in [-0.25, -0.2) is 4.79 Å². The lowest BCUT2D eigenvalue weighted by molar-refractivity contribution is -0.135. The van der Waals surface area contributed by atoms with Crippen LogP contribution in [0.2, 0.25) is 0 Å². The Morgan fingerprint density at radius 1 is 1.53 bits per heavy atom. The normalized spacial score (nSPS) is 21.5. The van der Waals surface area contributed by atoms with Gasteiger partial charge in [0.25, 0.3) is 0 Å². The van der Waals surface area contributed by atoms with Crippen molar-refractivity contribution in [2.24, 2.45) is 5.16 Å². The Balaban J connectivity index is 1.73. The maximum Gasteiger partial charge on any atom is 0.356 e. The SMILES string of the molecule is CCOC(=O)C1=NOC(n2ccc3c2CCCC3)C1. The Hall–Kier alpha value is -1.78. The highest BCUT2D eigenvalue weighted by molar-refractivity contribution is 6.36. The standard InChI is InChI=1S/C14H18N2O3/c1-2-18-14(17)11-9-13(19-15-11)16-8-7-10-5-3-4-6-12(10)16/h7-8,13H,2-6,9H2,1H3. The number of carbonyl (C=O) groups is 1. The molecule has 1 aliphatic carbocycles. The first-order valence-electron chi connectivity index (χ1n) is 6.88. The van der Waals surface area contributed by atoms with Crippen molar-refractivity contribution in [3.05, 3.63) is 23.5 Å². The van der Waals surface area contributed by atoms with E-state index in [0.29, 0.717) is 18.7 Å². The molecule has 102 valence electrons. The topological polar surface area (TPSA) is 52.8 Å². The summed E-state index contributed by atoms with van der Waals surface area (Å²) in [6.07, 6.45) is 7.03. The van der Waals surface area contributed by atoms with Crippen LogP contribution in [0.3, 0.4) is 0 Å². The minimum atomic E-state index is -0.369. The van der Waals surface area contributed by atoms with Crippen LogP contribution in [0.1, 0.15) is 43.7 Å². The van der Waals surface area contributed by atoms with Crippen LogP contribution in [0.5, 0.6) is 0 Å². The average molecular weight is 262 g/mol. The Bertz CT molecular complexity index is 519. The lowest BCUT2D eigenvalue weighted by Gasteiger charge is -2.18. The molecule has 0 saturated heterocycles. The van der Waals surface area contributed by atoms with Gasteiger partial charge in [-0.15, -0.1) is 0 Å². The second-order valence-corrected chi connectivity index (χ2v) is 4.92. The van der Waals surface area contributed by atoms with Crippen molar-refractivity contribution in [1.29, 1.82) is 0 Å². The van der Waals surface area contributed by atoms with E-state index >= 15 is 0 Å². The Kier molecular flexibility index (Phi) is 3.27. The summed E-state index contributed by atoms with van der Waals surface area (Å²) in [5.74, 6) is -0.369. The smallest absolute Gasteiger partial charge is 0.356 e. The Labute approximate surface area is 112 Å². The quantitative estimate of drug-likeness (QED) is 0.785. The third kappa shape index (κ3) is 2.25. The molecule has 3 rings (SSSR count). The molecule has 1 unspecified atom stereocenters. The van der Waals surface area contributed by atoms with E-state index < -0.39 is 0 Å². The average Bonchev–Trinajstić information content (AvgIpc) is 3.05. The van der Waals surface area contributed by atoms with Gasteiger partial charge in [-0.05, 0) is 44.2 Å². The van der Waals surface area contributed by atoms with Gasteiger partial charge in [-0.3, -0.25) is 0 Å². The van der Waals surface area contributed by atoms with Crippen molar-refractivity contribution in [2.75, 3.05) is 6.61 Å². The predicted octanol–water partition coefficient (Wildman–Crippen LogP) is 2.20. The molecule has 5 heteroatoms. The van der Waals surface area contributed by atoms with E-state index in [9.17, 15) is 4.79 Å². The molecule has 0 radical (unpaired) electrons. The van der Waals surface area contributed by atoms with E-state index in [4.69, 9.17) is 9.57 Å². The molecule has 1 atom stereocenters. The number of rotatable bonds is 3. The first-order chi connectivity index (χ1) is 9.29. The van der Waals surface area contributed by atoms with Crippen LogP contribution in [-0.2, 0) is 27.2 Å². The molecule has 2 heterocycles. The number of aryl methyl sites for hydroxylation is 1. The number of hydrogen-bond donors (Lipinski definition) is 0. The molecule has 1 aromatic heterocycles. The fraction of sp³-hybridized carbons (Fsp3) is 0.571. The molecule has 1 aromatic rings. The molecule has 0 amide bonds. The monoisotopic (exact) mass is 262 g/mol. The van der Waals surface area contributed by atoms with Crippen molar-refractivity contribution in [1.82, 2.24) is 4.57 Å². The van der Waals surface area contributed by atoms with E-state index in [2.05, 4.69) is 15.8 Å². The van der Waals surface area contributed by atoms with Gasteiger partial charge >= 0.3 is 5.97 Å². The zero-order chi connectivity index (χ0) is 13.2. The van der Waals surface area contributed by atoms with Crippen molar-refractivity contribution < 1.29 is 14.4 Å². The van der Waals surface area contributed by atoms with Gasteiger partial charge in [0.15, 0.2) is 5.71 Å². The number of aromatic nitrogens is 1. The Morgan fingerprint density at radius 3 is 3.21 bits per heavy atom. The van der Waals surface area contributed by atoms with Crippen molar-refractivity contribution in [3.63, 3.8) is 0 Å². The highest BCUT2D eigenvalue weighted by Gasteiger charge is 2.30. The third-order valence-corrected chi connectivity index (χ3v) is 3.70. The highest BCUT2D eigenvalue weighted by atomic mass is 16.7. The van der Waals surface area contributed by atoms with Crippen LogP contribution in [0.25, 0.3) is 0 Å². The van der Waals surface area contributed by atoms with Gasteiger partial charge in [-0.1, -0.05) is 5.16 Å². The highest BCUT2D eigenvalue weighted by Crippen LogP contribution is 2.29. The molecule has 0 saturated carbocycles. The molecule has 0 spiro atoms. The molecule has 19 heavy (non-hydrogen) atoms. The molecule has 0 fully saturated rings. The zero-order valence-corrected chi connectivity index (χ0v) is 11.1. The maximum atomic E-state index is 11.6. The van der Waals surface area contributed by atoms with Crippen molar-refractivity contribution >= 4 is 11.7 Å². The fourth-order valence-corrected chi connectivity index (χ4v) is 2.77. The number of hydrogen-bond acceptors (Lipinski definition) is 4. The van der Waals surface area contributed by atoms with Crippen LogP contribution in [0.4, 0.5) is 0 Å². The largest absolute Gasteiger partial charge is 0.461 e. The number of nitrogens with zero attached hydrogens (tertiary/aromatic N) is 2. The lowest BCUT2D eigenvalue weighted by Crippen LogP contribution is -2.19. The second-order valence-electron chi connectivity index (χ2n) is 4.92. The predicted molar refractivity (Wildman–Crippen MR) is 69.9 cm³/mol. The van der Waals surface area contributed by atoms with Gasteiger partial charge in [0.1, 0.15) is 0 Å². The van der Waals surface area contributed by atoms with E-state index in [1.165, 1.54) is 24.1 Å².